The molecule has 0 saturated carbocycles. The number of carbonyl (C=O) groups excluding carboxylic acids is 2. The molecular weight excluding hydrogens is 318 g/mol. The first-order valence-corrected chi connectivity index (χ1v) is 8.15. The van der Waals surface area contributed by atoms with Crippen LogP contribution in [0.4, 0.5) is 0 Å². The van der Waals surface area contributed by atoms with Gasteiger partial charge in [0.2, 0.25) is 11.8 Å². The summed E-state index contributed by atoms with van der Waals surface area (Å²) in [4.78, 5) is 23.6. The number of amides is 2. The van der Waals surface area contributed by atoms with Gasteiger partial charge in [0.05, 0.1) is 19.3 Å². The summed E-state index contributed by atoms with van der Waals surface area (Å²) in [6.45, 7) is 0. The lowest BCUT2D eigenvalue weighted by Gasteiger charge is -2.20. The summed E-state index contributed by atoms with van der Waals surface area (Å²) in [6, 6.07) is 13.7. The topological polar surface area (TPSA) is 68.5 Å². The average Bonchev–Trinajstić information content (AvgIpc) is 3.05. The second-order valence-electron chi connectivity index (χ2n) is 6.14. The molecule has 0 aliphatic carbocycles. The number of ether oxygens (including phenoxy) is 1. The van der Waals surface area contributed by atoms with Gasteiger partial charge in [-0.05, 0) is 41.8 Å². The molecule has 0 spiro atoms. The normalized spacial score (nSPS) is 17.6. The van der Waals surface area contributed by atoms with Crippen molar-refractivity contribution < 1.29 is 18.7 Å². The third-order valence-electron chi connectivity index (χ3n) is 4.62. The van der Waals surface area contributed by atoms with E-state index in [1.165, 1.54) is 0 Å². The van der Waals surface area contributed by atoms with Crippen molar-refractivity contribution in [2.45, 2.75) is 18.8 Å². The first-order chi connectivity index (χ1) is 12.2. The van der Waals surface area contributed by atoms with Crippen molar-refractivity contribution in [2.24, 2.45) is 0 Å². The molecule has 2 aromatic carbocycles. The molecule has 2 amide bonds. The molecular formula is C20H17NO4. The van der Waals surface area contributed by atoms with E-state index in [4.69, 9.17) is 9.15 Å². The van der Waals surface area contributed by atoms with Gasteiger partial charge in [0, 0.05) is 17.4 Å². The smallest absolute Gasteiger partial charge is 0.234 e. The zero-order chi connectivity index (χ0) is 17.4. The number of rotatable bonds is 3. The van der Waals surface area contributed by atoms with Crippen LogP contribution in [0.3, 0.4) is 0 Å². The lowest BCUT2D eigenvalue weighted by molar-refractivity contribution is -0.134. The molecule has 1 fully saturated rings. The minimum atomic E-state index is -0.362. The van der Waals surface area contributed by atoms with Gasteiger partial charge in [-0.15, -0.1) is 0 Å². The van der Waals surface area contributed by atoms with E-state index in [0.29, 0.717) is 12.8 Å². The predicted octanol–water partition coefficient (Wildman–Crippen LogP) is 3.63. The summed E-state index contributed by atoms with van der Waals surface area (Å²) >= 11 is 0. The maximum atomic E-state index is 12.2. The molecule has 1 aliphatic rings. The Balaban J connectivity index is 1.77. The van der Waals surface area contributed by atoms with Crippen LogP contribution < -0.4 is 10.1 Å². The zero-order valence-corrected chi connectivity index (χ0v) is 13.7. The molecule has 126 valence electrons. The van der Waals surface area contributed by atoms with Crippen molar-refractivity contribution in [1.29, 1.82) is 0 Å². The monoisotopic (exact) mass is 335 g/mol. The van der Waals surface area contributed by atoms with E-state index in [-0.39, 0.29) is 17.7 Å². The van der Waals surface area contributed by atoms with Crippen molar-refractivity contribution in [1.82, 2.24) is 5.32 Å². The van der Waals surface area contributed by atoms with Gasteiger partial charge in [-0.1, -0.05) is 18.2 Å². The highest BCUT2D eigenvalue weighted by molar-refractivity contribution is 6.03. The molecule has 2 heterocycles. The number of piperidine rings is 1. The molecule has 3 aromatic rings. The second kappa shape index (κ2) is 6.09. The Labute approximate surface area is 144 Å². The Morgan fingerprint density at radius 3 is 2.76 bits per heavy atom. The van der Waals surface area contributed by atoms with Crippen LogP contribution in [-0.4, -0.2) is 18.9 Å². The highest BCUT2D eigenvalue weighted by atomic mass is 16.5. The molecule has 0 bridgehead atoms. The number of carbonyl (C=O) groups is 2. The Morgan fingerprint density at radius 2 is 1.96 bits per heavy atom. The molecule has 1 N–H and O–H groups in total. The van der Waals surface area contributed by atoms with Gasteiger partial charge < -0.3 is 9.15 Å². The summed E-state index contributed by atoms with van der Waals surface area (Å²) in [5.41, 5.74) is 3.59. The van der Waals surface area contributed by atoms with Gasteiger partial charge >= 0.3 is 0 Å². The van der Waals surface area contributed by atoms with E-state index in [1.54, 1.807) is 13.4 Å². The summed E-state index contributed by atoms with van der Waals surface area (Å²) in [5, 5.41) is 3.31. The van der Waals surface area contributed by atoms with Gasteiger partial charge in [0.1, 0.15) is 11.3 Å². The summed E-state index contributed by atoms with van der Waals surface area (Å²) < 4.78 is 10.9. The van der Waals surface area contributed by atoms with Gasteiger partial charge in [-0.2, -0.15) is 0 Å². The zero-order valence-electron chi connectivity index (χ0n) is 13.7. The molecule has 1 aromatic heterocycles. The second-order valence-corrected chi connectivity index (χ2v) is 6.14. The lowest BCUT2D eigenvalue weighted by atomic mass is 9.89. The van der Waals surface area contributed by atoms with Crippen LogP contribution in [0.1, 0.15) is 24.3 Å². The minimum Gasteiger partial charge on any atom is -0.497 e. The molecule has 1 aliphatic heterocycles. The molecule has 5 heteroatoms. The number of nitrogens with one attached hydrogen (secondary N) is 1. The quantitative estimate of drug-likeness (QED) is 0.742. The molecule has 0 radical (unpaired) electrons. The number of hydrogen-bond acceptors (Lipinski definition) is 4. The number of furan rings is 1. The van der Waals surface area contributed by atoms with Crippen LogP contribution in [0.2, 0.25) is 0 Å². The number of methoxy groups -OCH3 is 1. The summed E-state index contributed by atoms with van der Waals surface area (Å²) in [7, 11) is 1.64. The molecule has 1 unspecified atom stereocenters. The third kappa shape index (κ3) is 2.78. The van der Waals surface area contributed by atoms with Crippen LogP contribution in [0.15, 0.2) is 53.1 Å². The van der Waals surface area contributed by atoms with Gasteiger partial charge in [0.15, 0.2) is 0 Å². The van der Waals surface area contributed by atoms with Crippen molar-refractivity contribution in [3.05, 3.63) is 54.3 Å². The van der Waals surface area contributed by atoms with E-state index in [9.17, 15) is 9.59 Å². The van der Waals surface area contributed by atoms with Crippen LogP contribution in [0.5, 0.6) is 5.75 Å². The highest BCUT2D eigenvalue weighted by Crippen LogP contribution is 2.35. The summed E-state index contributed by atoms with van der Waals surface area (Å²) in [6.07, 6.45) is 2.47. The van der Waals surface area contributed by atoms with E-state index >= 15 is 0 Å². The maximum absolute atomic E-state index is 12.2. The number of hydrogen-bond donors (Lipinski definition) is 1. The number of imide groups is 1. The van der Waals surface area contributed by atoms with Crippen molar-refractivity contribution in [3.63, 3.8) is 0 Å². The van der Waals surface area contributed by atoms with Crippen LogP contribution in [0.25, 0.3) is 22.1 Å². The fourth-order valence-corrected chi connectivity index (χ4v) is 3.29. The minimum absolute atomic E-state index is 0.217. The molecule has 1 atom stereocenters. The lowest BCUT2D eigenvalue weighted by Crippen LogP contribution is -2.39. The fraction of sp³-hybridized carbons (Fsp3) is 0.200. The number of benzene rings is 2. The molecule has 1 saturated heterocycles. The van der Waals surface area contributed by atoms with Crippen molar-refractivity contribution in [3.8, 4) is 16.9 Å². The molecule has 4 rings (SSSR count). The Kier molecular flexibility index (Phi) is 3.76. The highest BCUT2D eigenvalue weighted by Gasteiger charge is 2.30. The van der Waals surface area contributed by atoms with Crippen molar-refractivity contribution in [2.75, 3.05) is 7.11 Å². The van der Waals surface area contributed by atoms with Crippen LogP contribution >= 0.6 is 0 Å². The Hall–Kier alpha value is -3.08. The van der Waals surface area contributed by atoms with E-state index in [1.807, 2.05) is 42.5 Å². The molecule has 25 heavy (non-hydrogen) atoms. The van der Waals surface area contributed by atoms with Gasteiger partial charge in [-0.25, -0.2) is 0 Å². The maximum Gasteiger partial charge on any atom is 0.234 e. The largest absolute Gasteiger partial charge is 0.497 e. The number of fused-ring (bicyclic) bond motifs is 1. The standard InChI is InChI=1S/C20H17NO4/c1-24-14-4-2-3-12(9-14)13-5-7-18-16(10-13)17(11-25-18)15-6-8-19(22)21-20(15)23/h2-5,7,9-11,15H,6,8H2,1H3,(H,21,22,23). The Bertz CT molecular complexity index is 973. The first-order valence-electron chi connectivity index (χ1n) is 8.15. The van der Waals surface area contributed by atoms with E-state index in [2.05, 4.69) is 5.32 Å². The predicted molar refractivity (Wildman–Crippen MR) is 93.3 cm³/mol. The van der Waals surface area contributed by atoms with E-state index < -0.39 is 0 Å². The van der Waals surface area contributed by atoms with Gasteiger partial charge in [0.25, 0.3) is 0 Å². The molecule has 5 nitrogen and oxygen atoms in total. The third-order valence-corrected chi connectivity index (χ3v) is 4.62. The van der Waals surface area contributed by atoms with E-state index in [0.717, 1.165) is 33.4 Å². The van der Waals surface area contributed by atoms with Gasteiger partial charge in [-0.3, -0.25) is 14.9 Å². The average molecular weight is 335 g/mol. The summed E-state index contributed by atoms with van der Waals surface area (Å²) in [5.74, 6) is -0.0495. The van der Waals surface area contributed by atoms with Crippen molar-refractivity contribution >= 4 is 22.8 Å². The van der Waals surface area contributed by atoms with Crippen LogP contribution in [0, 0.1) is 0 Å². The first kappa shape index (κ1) is 15.4. The SMILES string of the molecule is COc1cccc(-c2ccc3occ(C4CCC(=O)NC4=O)c3c2)c1. The Morgan fingerprint density at radius 1 is 1.12 bits per heavy atom. The fourth-order valence-electron chi connectivity index (χ4n) is 3.29. The van der Waals surface area contributed by atoms with Crippen LogP contribution in [-0.2, 0) is 9.59 Å².